The first-order valence-corrected chi connectivity index (χ1v) is 2.69. The van der Waals surface area contributed by atoms with E-state index in [2.05, 4.69) is 14.8 Å². The molecular formula is C5H12B2. The van der Waals surface area contributed by atoms with Crippen LogP contribution in [0.15, 0.2) is 0 Å². The Hall–Kier alpha value is 0.130. The topological polar surface area (TPSA) is 0 Å². The van der Waals surface area contributed by atoms with Gasteiger partial charge in [0, 0.05) is 0 Å². The molecule has 0 aromatic rings. The average molecular weight is 93.8 g/mol. The fourth-order valence-corrected chi connectivity index (χ4v) is 0.204. The van der Waals surface area contributed by atoms with Crippen LogP contribution in [-0.4, -0.2) is 15.7 Å². The fourth-order valence-electron chi connectivity index (χ4n) is 0.204. The van der Waals surface area contributed by atoms with E-state index in [1.54, 1.807) is 0 Å². The summed E-state index contributed by atoms with van der Waals surface area (Å²) in [7, 11) is 9.64. The largest absolute Gasteiger partial charge is 0.0999 e. The first kappa shape index (κ1) is 10.2. The van der Waals surface area contributed by atoms with Crippen molar-refractivity contribution in [2.45, 2.75) is 32.9 Å². The highest BCUT2D eigenvalue weighted by Crippen LogP contribution is 1.86. The van der Waals surface area contributed by atoms with Crippen molar-refractivity contribution in [3.05, 3.63) is 0 Å². The summed E-state index contributed by atoms with van der Waals surface area (Å²) in [5.74, 6) is 0. The molecule has 7 heavy (non-hydrogen) atoms. The predicted molar refractivity (Wildman–Crippen MR) is 37.1 cm³/mol. The predicted octanol–water partition coefficient (Wildman–Crippen LogP) is 1.58. The van der Waals surface area contributed by atoms with Crippen LogP contribution >= 0.6 is 0 Å². The second-order valence-corrected chi connectivity index (χ2v) is 1.14. The summed E-state index contributed by atoms with van der Waals surface area (Å²) in [4.78, 5) is 0. The van der Waals surface area contributed by atoms with Crippen molar-refractivity contribution in [1.82, 2.24) is 0 Å². The Labute approximate surface area is 49.5 Å². The van der Waals surface area contributed by atoms with Gasteiger partial charge in [0.15, 0.2) is 0 Å². The zero-order valence-corrected chi connectivity index (χ0v) is 5.28. The number of rotatable bonds is 2. The number of hydrogen-bond donors (Lipinski definition) is 0. The zero-order chi connectivity index (χ0) is 6.12. The van der Waals surface area contributed by atoms with Crippen LogP contribution in [0.25, 0.3) is 0 Å². The van der Waals surface area contributed by atoms with Gasteiger partial charge in [-0.3, -0.25) is 0 Å². The molecule has 0 saturated heterocycles. The minimum Gasteiger partial charge on any atom is -0.0999 e. The maximum absolute atomic E-state index is 5.14. The minimum absolute atomic E-state index is 0.844. The van der Waals surface area contributed by atoms with Crippen molar-refractivity contribution < 1.29 is 0 Å². The van der Waals surface area contributed by atoms with Crippen LogP contribution in [-0.2, 0) is 0 Å². The molecule has 0 aliphatic carbocycles. The van der Waals surface area contributed by atoms with E-state index in [4.69, 9.17) is 7.85 Å². The molecule has 0 atom stereocenters. The molecule has 0 unspecified atom stereocenters. The molecule has 0 saturated carbocycles. The molecule has 0 aliphatic rings. The van der Waals surface area contributed by atoms with E-state index in [1.165, 1.54) is 19.7 Å². The SMILES string of the molecule is [B]C.[B]CCCC. The lowest BCUT2D eigenvalue weighted by Gasteiger charge is -1.79. The van der Waals surface area contributed by atoms with Crippen LogP contribution in [0.3, 0.4) is 0 Å². The summed E-state index contributed by atoms with van der Waals surface area (Å²) >= 11 is 0. The van der Waals surface area contributed by atoms with Crippen molar-refractivity contribution in [2.75, 3.05) is 0 Å². The van der Waals surface area contributed by atoms with Crippen LogP contribution in [0.1, 0.15) is 19.8 Å². The van der Waals surface area contributed by atoms with Gasteiger partial charge in [0.05, 0.1) is 15.7 Å². The summed E-state index contributed by atoms with van der Waals surface area (Å²) in [6.45, 7) is 3.63. The maximum Gasteiger partial charge on any atom is 0.0652 e. The van der Waals surface area contributed by atoms with Gasteiger partial charge in [-0.15, -0.1) is 0 Å². The van der Waals surface area contributed by atoms with Crippen molar-refractivity contribution >= 4 is 15.7 Å². The number of unbranched alkanes of at least 4 members (excludes halogenated alkanes) is 1. The molecular weight excluding hydrogens is 81.7 g/mol. The van der Waals surface area contributed by atoms with Gasteiger partial charge in [-0.05, 0) is 0 Å². The molecule has 2 heteroatoms. The third kappa shape index (κ3) is 23.0. The van der Waals surface area contributed by atoms with Crippen LogP contribution in [0.4, 0.5) is 0 Å². The van der Waals surface area contributed by atoms with Gasteiger partial charge >= 0.3 is 0 Å². The van der Waals surface area contributed by atoms with Gasteiger partial charge in [-0.25, -0.2) is 0 Å². The lowest BCUT2D eigenvalue weighted by atomic mass is 10.0. The van der Waals surface area contributed by atoms with Gasteiger partial charge < -0.3 is 0 Å². The van der Waals surface area contributed by atoms with Crippen LogP contribution in [0.2, 0.25) is 13.1 Å². The zero-order valence-electron chi connectivity index (χ0n) is 5.28. The van der Waals surface area contributed by atoms with Crippen LogP contribution < -0.4 is 0 Å². The Kier molecular flexibility index (Phi) is 23.9. The Morgan fingerprint density at radius 1 is 1.29 bits per heavy atom. The van der Waals surface area contributed by atoms with Gasteiger partial charge in [-0.1, -0.05) is 32.9 Å². The minimum atomic E-state index is 0.844. The van der Waals surface area contributed by atoms with Crippen molar-refractivity contribution in [3.8, 4) is 0 Å². The molecule has 0 fully saturated rings. The smallest absolute Gasteiger partial charge is 0.0652 e. The van der Waals surface area contributed by atoms with E-state index in [0.29, 0.717) is 0 Å². The van der Waals surface area contributed by atoms with Gasteiger partial charge in [0.1, 0.15) is 0 Å². The molecule has 0 heterocycles. The first-order chi connectivity index (χ1) is 3.41. The van der Waals surface area contributed by atoms with E-state index in [0.717, 1.165) is 6.32 Å². The quantitative estimate of drug-likeness (QED) is 0.455. The van der Waals surface area contributed by atoms with Crippen molar-refractivity contribution in [1.29, 1.82) is 0 Å². The molecule has 0 aromatic heterocycles. The van der Waals surface area contributed by atoms with Crippen LogP contribution in [0.5, 0.6) is 0 Å². The van der Waals surface area contributed by atoms with E-state index in [1.807, 2.05) is 0 Å². The Balaban J connectivity index is 0. The lowest BCUT2D eigenvalue weighted by molar-refractivity contribution is 0.884. The molecule has 0 aliphatic heterocycles. The second-order valence-electron chi connectivity index (χ2n) is 1.14. The van der Waals surface area contributed by atoms with Crippen molar-refractivity contribution in [3.63, 3.8) is 0 Å². The van der Waals surface area contributed by atoms with Gasteiger partial charge in [-0.2, -0.15) is 0 Å². The second kappa shape index (κ2) is 16.5. The summed E-state index contributed by atoms with van der Waals surface area (Å²) < 4.78 is 0. The van der Waals surface area contributed by atoms with E-state index >= 15 is 0 Å². The molecule has 0 amide bonds. The van der Waals surface area contributed by atoms with E-state index in [-0.39, 0.29) is 0 Å². The molecule has 0 spiro atoms. The highest BCUT2D eigenvalue weighted by molar-refractivity contribution is 6.08. The molecule has 0 nitrogen and oxygen atoms in total. The Morgan fingerprint density at radius 3 is 1.71 bits per heavy atom. The monoisotopic (exact) mass is 94.1 g/mol. The van der Waals surface area contributed by atoms with Crippen molar-refractivity contribution in [2.24, 2.45) is 0 Å². The Bertz CT molecular complexity index is 13.6. The standard InChI is InChI=1S/C4H9B.CH3B/c1-2-3-4-5;1-2/h2-4H2,1H3;1H3. The Morgan fingerprint density at radius 2 is 1.71 bits per heavy atom. The molecule has 38 valence electrons. The third-order valence-electron chi connectivity index (χ3n) is 0.558. The van der Waals surface area contributed by atoms with Crippen LogP contribution in [0, 0.1) is 0 Å². The highest BCUT2D eigenvalue weighted by atomic mass is 13.7. The molecule has 0 N–H and O–H groups in total. The lowest BCUT2D eigenvalue weighted by Crippen LogP contribution is -1.63. The average Bonchev–Trinajstić information content (AvgIpc) is 1.75. The van der Waals surface area contributed by atoms with E-state index < -0.39 is 0 Å². The number of hydrogen-bond acceptors (Lipinski definition) is 0. The van der Waals surface area contributed by atoms with Gasteiger partial charge in [0.25, 0.3) is 0 Å². The third-order valence-corrected chi connectivity index (χ3v) is 0.558. The van der Waals surface area contributed by atoms with E-state index in [9.17, 15) is 0 Å². The fraction of sp³-hybridized carbons (Fsp3) is 1.00. The summed E-state index contributed by atoms with van der Waals surface area (Å²) in [6, 6.07) is 0. The summed E-state index contributed by atoms with van der Waals surface area (Å²) in [6.07, 6.45) is 3.23. The first-order valence-electron chi connectivity index (χ1n) is 2.69. The summed E-state index contributed by atoms with van der Waals surface area (Å²) in [5, 5.41) is 0. The maximum atomic E-state index is 5.14. The molecule has 4 radical (unpaired) electrons. The summed E-state index contributed by atoms with van der Waals surface area (Å²) in [5.41, 5.74) is 0. The van der Waals surface area contributed by atoms with Gasteiger partial charge in [0.2, 0.25) is 0 Å². The molecule has 0 aromatic carbocycles. The molecule has 0 rings (SSSR count). The normalized spacial score (nSPS) is 6.57. The molecule has 0 bridgehead atoms. The highest BCUT2D eigenvalue weighted by Gasteiger charge is 1.68.